The van der Waals surface area contributed by atoms with Crippen molar-refractivity contribution in [3.05, 3.63) is 36.7 Å². The Balaban J connectivity index is 1.50. The Bertz CT molecular complexity index is 930. The van der Waals surface area contributed by atoms with Crippen molar-refractivity contribution in [3.63, 3.8) is 0 Å². The second-order valence-corrected chi connectivity index (χ2v) is 8.16. The fraction of sp³-hybridized carbons (Fsp3) is 0.389. The van der Waals surface area contributed by atoms with Crippen LogP contribution in [0.25, 0.3) is 0 Å². The number of hydrogen-bond acceptors (Lipinski definition) is 8. The zero-order valence-corrected chi connectivity index (χ0v) is 16.9. The molecule has 1 saturated heterocycles. The lowest BCUT2D eigenvalue weighted by molar-refractivity contribution is -0.114. The highest BCUT2D eigenvalue weighted by molar-refractivity contribution is 7.89. The number of sulfonamides is 1. The lowest BCUT2D eigenvalue weighted by atomic mass is 10.3. The van der Waals surface area contributed by atoms with Gasteiger partial charge in [0.05, 0.1) is 18.1 Å². The average Bonchev–Trinajstić information content (AvgIpc) is 2.72. The zero-order valence-electron chi connectivity index (χ0n) is 16.1. The lowest BCUT2D eigenvalue weighted by Crippen LogP contribution is -2.36. The molecule has 2 aromatic rings. The largest absolute Gasteiger partial charge is 0.378 e. The summed E-state index contributed by atoms with van der Waals surface area (Å²) in [4.78, 5) is 21.7. The van der Waals surface area contributed by atoms with Crippen LogP contribution < -0.4 is 20.3 Å². The van der Waals surface area contributed by atoms with Crippen LogP contribution in [0.5, 0.6) is 0 Å². The minimum atomic E-state index is -3.64. The van der Waals surface area contributed by atoms with Crippen molar-refractivity contribution in [1.82, 2.24) is 14.7 Å². The van der Waals surface area contributed by atoms with Gasteiger partial charge in [-0.25, -0.2) is 23.1 Å². The highest BCUT2D eigenvalue weighted by atomic mass is 32.2. The van der Waals surface area contributed by atoms with Crippen LogP contribution in [0, 0.1) is 0 Å². The van der Waals surface area contributed by atoms with E-state index in [0.717, 1.165) is 18.9 Å². The second-order valence-electron chi connectivity index (χ2n) is 6.39. The van der Waals surface area contributed by atoms with Crippen LogP contribution in [-0.2, 0) is 19.6 Å². The van der Waals surface area contributed by atoms with Crippen molar-refractivity contribution in [1.29, 1.82) is 0 Å². The van der Waals surface area contributed by atoms with Crippen LogP contribution in [-0.4, -0.2) is 63.7 Å². The summed E-state index contributed by atoms with van der Waals surface area (Å²) >= 11 is 0. The number of carbonyl (C=O) groups is 1. The van der Waals surface area contributed by atoms with Gasteiger partial charge in [0.25, 0.3) is 0 Å². The topological polar surface area (TPSA) is 126 Å². The number of nitrogens with one attached hydrogen (secondary N) is 3. The van der Waals surface area contributed by atoms with Crippen LogP contribution in [0.3, 0.4) is 0 Å². The first-order valence-electron chi connectivity index (χ1n) is 9.20. The Morgan fingerprint density at radius 2 is 1.86 bits per heavy atom. The third-order valence-electron chi connectivity index (χ3n) is 4.20. The molecule has 3 rings (SSSR count). The number of rotatable bonds is 8. The van der Waals surface area contributed by atoms with Gasteiger partial charge in [-0.1, -0.05) is 0 Å². The molecule has 0 radical (unpaired) electrons. The van der Waals surface area contributed by atoms with Gasteiger partial charge in [-0.05, 0) is 24.3 Å². The number of hydrogen-bond donors (Lipinski definition) is 3. The van der Waals surface area contributed by atoms with Gasteiger partial charge in [0.2, 0.25) is 15.9 Å². The first kappa shape index (κ1) is 21.0. The number of benzene rings is 1. The van der Waals surface area contributed by atoms with Gasteiger partial charge < -0.3 is 20.3 Å². The maximum Gasteiger partial charge on any atom is 0.240 e. The van der Waals surface area contributed by atoms with Crippen molar-refractivity contribution in [3.8, 4) is 0 Å². The molecule has 1 fully saturated rings. The van der Waals surface area contributed by atoms with Crippen LogP contribution >= 0.6 is 0 Å². The van der Waals surface area contributed by atoms with E-state index < -0.39 is 10.0 Å². The summed E-state index contributed by atoms with van der Waals surface area (Å²) in [5.74, 6) is 1.22. The zero-order chi connectivity index (χ0) is 20.7. The van der Waals surface area contributed by atoms with E-state index in [1.54, 1.807) is 12.1 Å². The van der Waals surface area contributed by atoms with Crippen LogP contribution in [0.1, 0.15) is 6.92 Å². The van der Waals surface area contributed by atoms with E-state index in [2.05, 4.69) is 30.2 Å². The smallest absolute Gasteiger partial charge is 0.240 e. The fourth-order valence-electron chi connectivity index (χ4n) is 2.79. The third-order valence-corrected chi connectivity index (χ3v) is 5.67. The molecule has 0 bridgehead atoms. The third kappa shape index (κ3) is 6.11. The maximum atomic E-state index is 12.4. The highest BCUT2D eigenvalue weighted by Crippen LogP contribution is 2.16. The molecule has 0 saturated carbocycles. The van der Waals surface area contributed by atoms with Gasteiger partial charge in [0.1, 0.15) is 18.0 Å². The molecule has 1 amide bonds. The predicted octanol–water partition coefficient (Wildman–Crippen LogP) is 0.662. The predicted molar refractivity (Wildman–Crippen MR) is 109 cm³/mol. The second kappa shape index (κ2) is 9.63. The number of nitrogens with zero attached hydrogens (tertiary/aromatic N) is 3. The van der Waals surface area contributed by atoms with Crippen molar-refractivity contribution in [2.24, 2.45) is 0 Å². The Labute approximate surface area is 169 Å². The molecule has 10 nitrogen and oxygen atoms in total. The molecule has 1 aliphatic rings. The Hall–Kier alpha value is -2.76. The number of aromatic nitrogens is 2. The maximum absolute atomic E-state index is 12.4. The van der Waals surface area contributed by atoms with Gasteiger partial charge in [0.15, 0.2) is 0 Å². The van der Waals surface area contributed by atoms with Crippen LogP contribution in [0.4, 0.5) is 17.3 Å². The molecule has 11 heteroatoms. The Morgan fingerprint density at radius 1 is 1.14 bits per heavy atom. The van der Waals surface area contributed by atoms with Gasteiger partial charge in [-0.15, -0.1) is 0 Å². The van der Waals surface area contributed by atoms with Crippen LogP contribution in [0.15, 0.2) is 41.6 Å². The number of carbonyl (C=O) groups excluding carboxylic acids is 1. The van der Waals surface area contributed by atoms with Gasteiger partial charge in [0, 0.05) is 44.9 Å². The van der Waals surface area contributed by atoms with Crippen molar-refractivity contribution in [2.75, 3.05) is 54.9 Å². The number of anilines is 3. The van der Waals surface area contributed by atoms with Crippen molar-refractivity contribution < 1.29 is 17.9 Å². The first-order chi connectivity index (χ1) is 13.9. The summed E-state index contributed by atoms with van der Waals surface area (Å²) in [7, 11) is -3.64. The highest BCUT2D eigenvalue weighted by Gasteiger charge is 2.14. The quantitative estimate of drug-likeness (QED) is 0.532. The van der Waals surface area contributed by atoms with Gasteiger partial charge >= 0.3 is 0 Å². The number of amides is 1. The summed E-state index contributed by atoms with van der Waals surface area (Å²) in [5, 5.41) is 5.69. The molecule has 29 heavy (non-hydrogen) atoms. The van der Waals surface area contributed by atoms with E-state index in [1.807, 2.05) is 6.07 Å². The van der Waals surface area contributed by atoms with E-state index in [4.69, 9.17) is 4.74 Å². The molecule has 156 valence electrons. The summed E-state index contributed by atoms with van der Waals surface area (Å²) in [6.45, 7) is 4.82. The lowest BCUT2D eigenvalue weighted by Gasteiger charge is -2.27. The standard InChI is InChI=1S/C18H24N6O4S/c1-14(25)23-15-2-4-16(5-3-15)29(26,27)22-7-6-19-17-12-18(21-13-20-17)24-8-10-28-11-9-24/h2-5,12-13,22H,6-11H2,1H3,(H,23,25)(H,19,20,21). The first-order valence-corrected chi connectivity index (χ1v) is 10.7. The molecule has 0 aliphatic carbocycles. The average molecular weight is 420 g/mol. The van der Waals surface area contributed by atoms with E-state index in [0.29, 0.717) is 31.3 Å². The summed E-state index contributed by atoms with van der Waals surface area (Å²) in [6, 6.07) is 7.81. The molecular formula is C18H24N6O4S. The normalized spacial score (nSPS) is 14.4. The van der Waals surface area contributed by atoms with Gasteiger partial charge in [-0.2, -0.15) is 0 Å². The Kier molecular flexibility index (Phi) is 6.96. The van der Waals surface area contributed by atoms with E-state index in [9.17, 15) is 13.2 Å². The van der Waals surface area contributed by atoms with E-state index >= 15 is 0 Å². The van der Waals surface area contributed by atoms with E-state index in [1.165, 1.54) is 25.4 Å². The summed E-state index contributed by atoms with van der Waals surface area (Å²) < 4.78 is 32.6. The number of morpholine rings is 1. The summed E-state index contributed by atoms with van der Waals surface area (Å²) in [6.07, 6.45) is 1.48. The molecule has 1 aromatic carbocycles. The fourth-order valence-corrected chi connectivity index (χ4v) is 3.82. The van der Waals surface area contributed by atoms with Gasteiger partial charge in [-0.3, -0.25) is 4.79 Å². The monoisotopic (exact) mass is 420 g/mol. The molecule has 2 heterocycles. The minimum absolute atomic E-state index is 0.128. The molecule has 0 spiro atoms. The van der Waals surface area contributed by atoms with Crippen molar-refractivity contribution in [2.45, 2.75) is 11.8 Å². The molecule has 0 unspecified atom stereocenters. The molecular weight excluding hydrogens is 396 g/mol. The molecule has 1 aliphatic heterocycles. The van der Waals surface area contributed by atoms with Crippen LogP contribution in [0.2, 0.25) is 0 Å². The van der Waals surface area contributed by atoms with E-state index in [-0.39, 0.29) is 17.3 Å². The molecule has 3 N–H and O–H groups in total. The Morgan fingerprint density at radius 3 is 2.55 bits per heavy atom. The minimum Gasteiger partial charge on any atom is -0.378 e. The number of ether oxygens (including phenoxy) is 1. The summed E-state index contributed by atoms with van der Waals surface area (Å²) in [5.41, 5.74) is 0.540. The SMILES string of the molecule is CC(=O)Nc1ccc(S(=O)(=O)NCCNc2cc(N3CCOCC3)ncn2)cc1. The van der Waals surface area contributed by atoms with Crippen molar-refractivity contribution >= 4 is 33.3 Å². The molecule has 0 atom stereocenters. The molecule has 1 aromatic heterocycles.